The third-order valence-electron chi connectivity index (χ3n) is 6.21. The van der Waals surface area contributed by atoms with Crippen molar-refractivity contribution in [3.05, 3.63) is 83.4 Å². The van der Waals surface area contributed by atoms with Gasteiger partial charge < -0.3 is 19.0 Å². The molecular weight excluding hydrogens is 545 g/mol. The monoisotopic (exact) mass is 574 g/mol. The highest BCUT2D eigenvalue weighted by Gasteiger charge is 2.42. The highest BCUT2D eigenvalue weighted by Crippen LogP contribution is 2.41. The Morgan fingerprint density at radius 1 is 0.737 bits per heavy atom. The lowest BCUT2D eigenvalue weighted by Gasteiger charge is -2.46. The molecule has 0 radical (unpaired) electrons. The van der Waals surface area contributed by atoms with Crippen molar-refractivity contribution in [3.8, 4) is 11.5 Å². The topological polar surface area (TPSA) is 111 Å². The minimum Gasteiger partial charge on any atom is -0.379 e. The summed E-state index contributed by atoms with van der Waals surface area (Å²) in [5.74, 6) is -0.166. The Bertz CT molecular complexity index is 1580. The van der Waals surface area contributed by atoms with Crippen LogP contribution in [0.3, 0.4) is 0 Å². The number of benzene rings is 3. The van der Waals surface area contributed by atoms with Crippen LogP contribution in [0.1, 0.15) is 43.9 Å². The molecule has 1 atom stereocenters. The van der Waals surface area contributed by atoms with Gasteiger partial charge in [-0.15, -0.1) is 0 Å². The Kier molecular flexibility index (Phi) is 7.24. The average Bonchev–Trinajstić information content (AvgIpc) is 2.77. The summed E-state index contributed by atoms with van der Waals surface area (Å²) in [6.07, 6.45) is 0.517. The molecule has 0 aliphatic carbocycles. The van der Waals surface area contributed by atoms with E-state index in [1.807, 2.05) is 34.6 Å². The van der Waals surface area contributed by atoms with Crippen molar-refractivity contribution in [1.82, 2.24) is 10.6 Å². The van der Waals surface area contributed by atoms with Gasteiger partial charge in [-0.2, -0.15) is 16.8 Å². The fourth-order valence-corrected chi connectivity index (χ4v) is 6.92. The first-order valence-corrected chi connectivity index (χ1v) is 15.1. The van der Waals surface area contributed by atoms with Crippen LogP contribution < -0.4 is 19.0 Å². The van der Waals surface area contributed by atoms with Crippen molar-refractivity contribution in [1.29, 1.82) is 0 Å². The fourth-order valence-electron chi connectivity index (χ4n) is 4.55. The molecule has 3 aromatic rings. The van der Waals surface area contributed by atoms with Gasteiger partial charge in [0.2, 0.25) is 0 Å². The summed E-state index contributed by atoms with van der Waals surface area (Å²) >= 11 is 5.42. The van der Waals surface area contributed by atoms with E-state index in [0.29, 0.717) is 17.1 Å². The summed E-state index contributed by atoms with van der Waals surface area (Å²) < 4.78 is 63.4. The average molecular weight is 575 g/mol. The van der Waals surface area contributed by atoms with Crippen molar-refractivity contribution >= 4 is 37.6 Å². The SMILES string of the molecule is Cc1ccc(S(=O)(=O)Oc2ccc(C3(C)CC(C)(C)NC(=S)N3)c(OS(=O)(=O)c3ccc(C)cc3)c2)cc1. The molecule has 3 aromatic carbocycles. The minimum absolute atomic E-state index is 0.0268. The van der Waals surface area contributed by atoms with Gasteiger partial charge in [0.25, 0.3) is 0 Å². The normalized spacial score (nSPS) is 19.2. The maximum atomic E-state index is 13.3. The molecule has 1 aliphatic rings. The number of rotatable bonds is 7. The molecule has 1 aliphatic heterocycles. The predicted molar refractivity (Wildman–Crippen MR) is 149 cm³/mol. The standard InChI is InChI=1S/C27H30N2O6S3/c1-18-6-11-21(12-7-18)37(30,31)34-20-10-15-23(27(5)17-26(3,4)28-25(36)29-27)24(16-20)35-38(32,33)22-13-8-19(2)9-14-22/h6-16H,17H2,1-5H3,(H2,28,29,36). The van der Waals surface area contributed by atoms with E-state index < -0.39 is 31.3 Å². The maximum absolute atomic E-state index is 13.3. The van der Waals surface area contributed by atoms with Gasteiger partial charge in [0, 0.05) is 17.2 Å². The second-order valence-electron chi connectivity index (χ2n) is 10.3. The summed E-state index contributed by atoms with van der Waals surface area (Å²) in [6.45, 7) is 9.53. The van der Waals surface area contributed by atoms with Gasteiger partial charge in [0.1, 0.15) is 15.5 Å². The molecule has 1 saturated heterocycles. The van der Waals surface area contributed by atoms with Crippen LogP contribution in [-0.4, -0.2) is 27.5 Å². The molecule has 4 rings (SSSR count). The first-order valence-electron chi connectivity index (χ1n) is 11.9. The number of thiocarbonyl (C=S) groups is 1. The van der Waals surface area contributed by atoms with Gasteiger partial charge >= 0.3 is 20.2 Å². The van der Waals surface area contributed by atoms with Crippen LogP contribution in [0.2, 0.25) is 0 Å². The molecule has 0 bridgehead atoms. The minimum atomic E-state index is -4.26. The second kappa shape index (κ2) is 9.87. The lowest BCUT2D eigenvalue weighted by molar-refractivity contribution is 0.249. The first kappa shape index (κ1) is 27.9. The van der Waals surface area contributed by atoms with Gasteiger partial charge in [-0.25, -0.2) is 0 Å². The lowest BCUT2D eigenvalue weighted by Crippen LogP contribution is -2.63. The van der Waals surface area contributed by atoms with E-state index in [-0.39, 0.29) is 21.3 Å². The van der Waals surface area contributed by atoms with E-state index >= 15 is 0 Å². The molecule has 0 saturated carbocycles. The lowest BCUT2D eigenvalue weighted by atomic mass is 9.78. The molecule has 2 N–H and O–H groups in total. The number of aryl methyl sites for hydroxylation is 2. The summed E-state index contributed by atoms with van der Waals surface area (Å²) in [6, 6.07) is 16.8. The molecule has 8 nitrogen and oxygen atoms in total. The highest BCUT2D eigenvalue weighted by atomic mass is 32.2. The summed E-state index contributed by atoms with van der Waals surface area (Å²) in [4.78, 5) is -0.0621. The molecule has 1 unspecified atom stereocenters. The zero-order chi connectivity index (χ0) is 27.9. The van der Waals surface area contributed by atoms with Gasteiger partial charge in [-0.05, 0) is 89.7 Å². The van der Waals surface area contributed by atoms with Crippen LogP contribution in [0.4, 0.5) is 0 Å². The summed E-state index contributed by atoms with van der Waals surface area (Å²) in [5.41, 5.74) is 1.02. The molecule has 0 amide bonds. The van der Waals surface area contributed by atoms with Gasteiger partial charge in [-0.1, -0.05) is 35.4 Å². The van der Waals surface area contributed by atoms with E-state index in [4.69, 9.17) is 20.6 Å². The molecule has 1 heterocycles. The molecule has 38 heavy (non-hydrogen) atoms. The molecule has 1 fully saturated rings. The Morgan fingerprint density at radius 3 is 1.74 bits per heavy atom. The van der Waals surface area contributed by atoms with Crippen LogP contribution in [0.25, 0.3) is 0 Å². The molecule has 0 aromatic heterocycles. The molecule has 11 heteroatoms. The largest absolute Gasteiger partial charge is 0.379 e. The Balaban J connectivity index is 1.79. The van der Waals surface area contributed by atoms with Crippen molar-refractivity contribution < 1.29 is 25.2 Å². The number of nitrogens with one attached hydrogen (secondary N) is 2. The summed E-state index contributed by atoms with van der Waals surface area (Å²) in [7, 11) is -8.44. The zero-order valence-electron chi connectivity index (χ0n) is 21.7. The van der Waals surface area contributed by atoms with Gasteiger partial charge in [0.05, 0.1) is 5.54 Å². The number of hydrogen-bond acceptors (Lipinski definition) is 7. The zero-order valence-corrected chi connectivity index (χ0v) is 24.2. The smallest absolute Gasteiger partial charge is 0.339 e. The summed E-state index contributed by atoms with van der Waals surface area (Å²) in [5, 5.41) is 6.83. The maximum Gasteiger partial charge on any atom is 0.339 e. The van der Waals surface area contributed by atoms with Crippen LogP contribution in [0.15, 0.2) is 76.5 Å². The third kappa shape index (κ3) is 6.11. The van der Waals surface area contributed by atoms with Crippen molar-refractivity contribution in [3.63, 3.8) is 0 Å². The third-order valence-corrected chi connectivity index (χ3v) is 8.92. The predicted octanol–water partition coefficient (Wildman–Crippen LogP) is 4.70. The van der Waals surface area contributed by atoms with Gasteiger partial charge in [-0.3, -0.25) is 0 Å². The van der Waals surface area contributed by atoms with E-state index in [0.717, 1.165) is 11.1 Å². The quantitative estimate of drug-likeness (QED) is 0.306. The highest BCUT2D eigenvalue weighted by molar-refractivity contribution is 7.87. The fraction of sp³-hybridized carbons (Fsp3) is 0.296. The molecular formula is C27H30N2O6S3. The van der Waals surface area contributed by atoms with Crippen LogP contribution in [0, 0.1) is 13.8 Å². The Morgan fingerprint density at radius 2 is 1.24 bits per heavy atom. The number of hydrogen-bond donors (Lipinski definition) is 2. The molecule has 202 valence electrons. The Hall–Kier alpha value is -3.15. The van der Waals surface area contributed by atoms with Crippen molar-refractivity contribution in [2.45, 2.75) is 61.9 Å². The van der Waals surface area contributed by atoms with E-state index in [1.54, 1.807) is 30.3 Å². The van der Waals surface area contributed by atoms with Crippen molar-refractivity contribution in [2.75, 3.05) is 0 Å². The van der Waals surface area contributed by atoms with Gasteiger partial charge in [0.15, 0.2) is 10.9 Å². The second-order valence-corrected chi connectivity index (χ2v) is 13.8. The van der Waals surface area contributed by atoms with Crippen LogP contribution in [0.5, 0.6) is 11.5 Å². The van der Waals surface area contributed by atoms with E-state index in [2.05, 4.69) is 10.6 Å². The van der Waals surface area contributed by atoms with Crippen LogP contribution in [-0.2, 0) is 25.8 Å². The van der Waals surface area contributed by atoms with E-state index in [1.165, 1.54) is 36.4 Å². The van der Waals surface area contributed by atoms with E-state index in [9.17, 15) is 16.8 Å². The van der Waals surface area contributed by atoms with Crippen molar-refractivity contribution in [2.24, 2.45) is 0 Å². The Labute approximate surface area is 229 Å². The first-order chi connectivity index (χ1) is 17.6. The van der Waals surface area contributed by atoms with Crippen LogP contribution >= 0.6 is 12.2 Å². The molecule has 0 spiro atoms.